The van der Waals surface area contributed by atoms with Crippen LogP contribution >= 0.6 is 0 Å². The van der Waals surface area contributed by atoms with Gasteiger partial charge in [0.15, 0.2) is 5.79 Å². The number of aliphatic hydroxyl groups is 1. The molecule has 0 aromatic heterocycles. The summed E-state index contributed by atoms with van der Waals surface area (Å²) in [5, 5.41) is 16.1. The van der Waals surface area contributed by atoms with Gasteiger partial charge in [-0.1, -0.05) is 12.1 Å². The number of hydrogen-bond donors (Lipinski definition) is 3. The van der Waals surface area contributed by atoms with Crippen molar-refractivity contribution in [2.75, 3.05) is 65.8 Å². The number of urea groups is 1. The molecule has 2 fully saturated rings. The van der Waals surface area contributed by atoms with E-state index in [2.05, 4.69) is 10.6 Å². The maximum atomic E-state index is 12.0. The maximum Gasteiger partial charge on any atom is 0.317 e. The van der Waals surface area contributed by atoms with Gasteiger partial charge in [-0.15, -0.1) is 0 Å². The van der Waals surface area contributed by atoms with Crippen LogP contribution in [-0.2, 0) is 30.2 Å². The zero-order valence-electron chi connectivity index (χ0n) is 21.2. The Hall–Kier alpha value is -2.44. The first-order valence-electron chi connectivity index (χ1n) is 12.5. The first-order chi connectivity index (χ1) is 17.3. The molecule has 2 atom stereocenters. The number of hydrogen-bond acceptors (Lipinski definition) is 9. The molecular weight excluding hydrogens is 470 g/mol. The molecule has 0 aliphatic carbocycles. The Morgan fingerprint density at radius 2 is 1.94 bits per heavy atom. The van der Waals surface area contributed by atoms with Crippen LogP contribution in [0, 0.1) is 0 Å². The second-order valence-corrected chi connectivity index (χ2v) is 9.28. The quantitative estimate of drug-likeness (QED) is 0.260. The molecule has 2 heterocycles. The van der Waals surface area contributed by atoms with E-state index in [0.717, 1.165) is 5.56 Å². The number of morpholine rings is 1. The van der Waals surface area contributed by atoms with Gasteiger partial charge in [0.2, 0.25) is 0 Å². The first-order valence-corrected chi connectivity index (χ1v) is 12.5. The average molecular weight is 510 g/mol. The van der Waals surface area contributed by atoms with Crippen molar-refractivity contribution in [3.63, 3.8) is 0 Å². The summed E-state index contributed by atoms with van der Waals surface area (Å²) in [7, 11) is 0. The number of carbonyl (C=O) groups is 2. The Balaban J connectivity index is 1.21. The molecule has 3 rings (SSSR count). The minimum atomic E-state index is -0.686. The van der Waals surface area contributed by atoms with E-state index in [1.807, 2.05) is 38.1 Å². The predicted octanol–water partition coefficient (Wildman–Crippen LogP) is 0.685. The van der Waals surface area contributed by atoms with Crippen LogP contribution in [0.3, 0.4) is 0 Å². The minimum Gasteiger partial charge on any atom is -0.491 e. The lowest BCUT2D eigenvalue weighted by Gasteiger charge is -2.27. The van der Waals surface area contributed by atoms with Crippen LogP contribution in [0.25, 0.3) is 0 Å². The van der Waals surface area contributed by atoms with Crippen LogP contribution in [0.4, 0.5) is 4.79 Å². The summed E-state index contributed by atoms with van der Waals surface area (Å²) < 4.78 is 27.2. The van der Waals surface area contributed by atoms with Gasteiger partial charge in [0.25, 0.3) is 0 Å². The highest BCUT2D eigenvalue weighted by molar-refractivity contribution is 5.74. The minimum absolute atomic E-state index is 0.0952. The second kappa shape index (κ2) is 14.3. The van der Waals surface area contributed by atoms with Gasteiger partial charge in [0, 0.05) is 39.1 Å². The van der Waals surface area contributed by atoms with Gasteiger partial charge in [0.1, 0.15) is 31.2 Å². The van der Waals surface area contributed by atoms with Crippen molar-refractivity contribution in [1.29, 1.82) is 0 Å². The number of nitrogens with one attached hydrogen (secondary N) is 2. The molecule has 2 amide bonds. The van der Waals surface area contributed by atoms with Gasteiger partial charge >= 0.3 is 12.0 Å². The van der Waals surface area contributed by atoms with Gasteiger partial charge in [-0.25, -0.2) is 4.79 Å². The molecule has 0 bridgehead atoms. The molecule has 202 valence electrons. The number of ether oxygens (including phenoxy) is 5. The van der Waals surface area contributed by atoms with Crippen molar-refractivity contribution in [2.45, 2.75) is 44.7 Å². The van der Waals surface area contributed by atoms with E-state index in [1.54, 1.807) is 4.90 Å². The van der Waals surface area contributed by atoms with Crippen molar-refractivity contribution < 1.29 is 38.4 Å². The van der Waals surface area contributed by atoms with Crippen LogP contribution in [0.15, 0.2) is 24.3 Å². The molecule has 3 N–H and O–H groups in total. The van der Waals surface area contributed by atoms with Gasteiger partial charge < -0.3 is 44.3 Å². The normalized spacial score (nSPS) is 20.1. The van der Waals surface area contributed by atoms with Crippen molar-refractivity contribution in [1.82, 2.24) is 15.5 Å². The highest BCUT2D eigenvalue weighted by atomic mass is 16.7. The topological polar surface area (TPSA) is 128 Å². The smallest absolute Gasteiger partial charge is 0.317 e. The molecule has 0 radical (unpaired) electrons. The molecule has 2 unspecified atom stereocenters. The average Bonchev–Trinajstić information content (AvgIpc) is 3.24. The standard InChI is InChI=1S/C25H39N3O8/c1-25(2)35-18-22(36-25)17-34-23(30)8-5-19-3-6-21(7-4-19)33-16-20(29)15-26-9-10-27-24(31)28-11-13-32-14-12-28/h3-4,6-7,20,22,26,29H,5,8-18H2,1-2H3,(H,27,31). The molecule has 36 heavy (non-hydrogen) atoms. The van der Waals surface area contributed by atoms with Crippen molar-refractivity contribution in [2.24, 2.45) is 0 Å². The molecule has 2 saturated heterocycles. The Morgan fingerprint density at radius 1 is 1.19 bits per heavy atom. The first kappa shape index (κ1) is 28.1. The fourth-order valence-corrected chi connectivity index (χ4v) is 3.76. The third-order valence-corrected chi connectivity index (χ3v) is 5.74. The monoisotopic (exact) mass is 509 g/mol. The second-order valence-electron chi connectivity index (χ2n) is 9.28. The summed E-state index contributed by atoms with van der Waals surface area (Å²) >= 11 is 0. The Kier molecular flexibility index (Phi) is 11.2. The molecule has 2 aliphatic heterocycles. The zero-order valence-corrected chi connectivity index (χ0v) is 21.2. The van der Waals surface area contributed by atoms with E-state index in [1.165, 1.54) is 0 Å². The third kappa shape index (κ3) is 10.3. The SMILES string of the molecule is CC1(C)OCC(COC(=O)CCc2ccc(OCC(O)CNCCNC(=O)N3CCOCC3)cc2)O1. The number of amides is 2. The number of rotatable bonds is 13. The Morgan fingerprint density at radius 3 is 2.64 bits per heavy atom. The third-order valence-electron chi connectivity index (χ3n) is 5.74. The maximum absolute atomic E-state index is 12.0. The Labute approximate surface area is 212 Å². The lowest BCUT2D eigenvalue weighted by molar-refractivity contribution is -0.158. The molecule has 0 saturated carbocycles. The van der Waals surface area contributed by atoms with Gasteiger partial charge in [-0.3, -0.25) is 4.79 Å². The van der Waals surface area contributed by atoms with Crippen molar-refractivity contribution in [3.05, 3.63) is 29.8 Å². The molecular formula is C25H39N3O8. The summed E-state index contributed by atoms with van der Waals surface area (Å²) in [5.74, 6) is -0.269. The van der Waals surface area contributed by atoms with Crippen LogP contribution in [0.2, 0.25) is 0 Å². The van der Waals surface area contributed by atoms with Crippen LogP contribution in [0.5, 0.6) is 5.75 Å². The van der Waals surface area contributed by atoms with Crippen molar-refractivity contribution in [3.8, 4) is 5.75 Å². The van der Waals surface area contributed by atoms with Gasteiger partial charge in [-0.2, -0.15) is 0 Å². The summed E-state index contributed by atoms with van der Waals surface area (Å²) in [6.07, 6.45) is -0.0863. The van der Waals surface area contributed by atoms with E-state index in [0.29, 0.717) is 64.7 Å². The fourth-order valence-electron chi connectivity index (χ4n) is 3.76. The van der Waals surface area contributed by atoms with Crippen LogP contribution in [-0.4, -0.2) is 106 Å². The van der Waals surface area contributed by atoms with E-state index in [-0.39, 0.29) is 37.7 Å². The zero-order chi connectivity index (χ0) is 25.8. The van der Waals surface area contributed by atoms with Gasteiger partial charge in [-0.05, 0) is 38.0 Å². The number of carbonyl (C=O) groups excluding carboxylic acids is 2. The summed E-state index contributed by atoms with van der Waals surface area (Å²) in [6, 6.07) is 7.31. The van der Waals surface area contributed by atoms with Crippen LogP contribution in [0.1, 0.15) is 25.8 Å². The number of aryl methyl sites for hydroxylation is 1. The number of benzene rings is 1. The molecule has 11 nitrogen and oxygen atoms in total. The van der Waals surface area contributed by atoms with E-state index in [9.17, 15) is 14.7 Å². The lowest BCUT2D eigenvalue weighted by atomic mass is 10.1. The van der Waals surface area contributed by atoms with E-state index < -0.39 is 11.9 Å². The summed E-state index contributed by atoms with van der Waals surface area (Å²) in [6.45, 7) is 8.13. The predicted molar refractivity (Wildman–Crippen MR) is 131 cm³/mol. The number of nitrogens with zero attached hydrogens (tertiary/aromatic N) is 1. The molecule has 0 spiro atoms. The van der Waals surface area contributed by atoms with Gasteiger partial charge in [0.05, 0.1) is 19.8 Å². The highest BCUT2D eigenvalue weighted by Gasteiger charge is 2.33. The highest BCUT2D eigenvalue weighted by Crippen LogP contribution is 2.22. The molecule has 1 aromatic carbocycles. The lowest BCUT2D eigenvalue weighted by Crippen LogP contribution is -2.47. The fraction of sp³-hybridized carbons (Fsp3) is 0.680. The van der Waals surface area contributed by atoms with Crippen LogP contribution < -0.4 is 15.4 Å². The van der Waals surface area contributed by atoms with Crippen molar-refractivity contribution >= 4 is 12.0 Å². The molecule has 2 aliphatic rings. The summed E-state index contributed by atoms with van der Waals surface area (Å²) in [4.78, 5) is 25.7. The summed E-state index contributed by atoms with van der Waals surface area (Å²) in [5.41, 5.74) is 0.988. The number of aliphatic hydroxyl groups excluding tert-OH is 1. The Bertz CT molecular complexity index is 814. The van der Waals surface area contributed by atoms with E-state index in [4.69, 9.17) is 23.7 Å². The number of esters is 1. The largest absolute Gasteiger partial charge is 0.491 e. The molecule has 11 heteroatoms. The molecule has 1 aromatic rings. The van der Waals surface area contributed by atoms with E-state index >= 15 is 0 Å².